The highest BCUT2D eigenvalue weighted by Gasteiger charge is 2.16. The Morgan fingerprint density at radius 1 is 1.04 bits per heavy atom. The largest absolute Gasteiger partial charge is 0.339 e. The number of hydrogen-bond donors (Lipinski definition) is 1. The molecule has 0 saturated heterocycles. The molecular formula is C20H24N2O2S2. The number of nitrogens with zero attached hydrogens (tertiary/aromatic N) is 1. The fourth-order valence-corrected chi connectivity index (χ4v) is 4.75. The predicted octanol–water partition coefficient (Wildman–Crippen LogP) is 5.43. The Labute approximate surface area is 163 Å². The summed E-state index contributed by atoms with van der Waals surface area (Å²) in [6.45, 7) is 0. The first kappa shape index (κ1) is 19.0. The molecule has 2 aromatic rings. The van der Waals surface area contributed by atoms with E-state index in [1.807, 2.05) is 24.3 Å². The number of fused-ring (bicyclic) bond motifs is 1. The van der Waals surface area contributed by atoms with Gasteiger partial charge in [0.05, 0.1) is 4.88 Å². The van der Waals surface area contributed by atoms with E-state index in [0.29, 0.717) is 0 Å². The van der Waals surface area contributed by atoms with Crippen molar-refractivity contribution in [3.8, 4) is 0 Å². The van der Waals surface area contributed by atoms with Gasteiger partial charge in [-0.3, -0.25) is 9.59 Å². The van der Waals surface area contributed by atoms with Gasteiger partial charge in [0.15, 0.2) is 0 Å². The summed E-state index contributed by atoms with van der Waals surface area (Å²) in [5.41, 5.74) is 2.10. The van der Waals surface area contributed by atoms with Crippen molar-refractivity contribution in [1.82, 2.24) is 4.90 Å². The smallest absolute Gasteiger partial charge is 0.285 e. The van der Waals surface area contributed by atoms with E-state index < -0.39 is 0 Å². The molecule has 1 N–H and O–H groups in total. The van der Waals surface area contributed by atoms with Gasteiger partial charge >= 0.3 is 0 Å². The van der Waals surface area contributed by atoms with Gasteiger partial charge in [-0.25, -0.2) is 0 Å². The molecule has 4 nitrogen and oxygen atoms in total. The Bertz CT molecular complexity index is 756. The number of carbonyl (C=O) groups excluding carboxylic acids is 2. The van der Waals surface area contributed by atoms with Crippen LogP contribution < -0.4 is 5.32 Å². The molecular weight excluding hydrogens is 364 g/mol. The van der Waals surface area contributed by atoms with Gasteiger partial charge < -0.3 is 10.2 Å². The summed E-state index contributed by atoms with van der Waals surface area (Å²) in [7, 11) is 3.46. The van der Waals surface area contributed by atoms with Crippen molar-refractivity contribution in [3.05, 3.63) is 45.6 Å². The maximum atomic E-state index is 12.6. The number of anilines is 1. The van der Waals surface area contributed by atoms with Crippen molar-refractivity contribution in [2.24, 2.45) is 0 Å². The van der Waals surface area contributed by atoms with Crippen LogP contribution in [0.2, 0.25) is 0 Å². The molecule has 1 aromatic heterocycles. The molecule has 1 aliphatic carbocycles. The van der Waals surface area contributed by atoms with Crippen LogP contribution in [0.5, 0.6) is 0 Å². The van der Waals surface area contributed by atoms with Crippen molar-refractivity contribution < 1.29 is 9.59 Å². The lowest BCUT2D eigenvalue weighted by Crippen LogP contribution is -2.16. The van der Waals surface area contributed by atoms with Gasteiger partial charge in [0, 0.05) is 29.6 Å². The fraction of sp³-hybridized carbons (Fsp3) is 0.400. The number of thiophene rings is 1. The van der Waals surface area contributed by atoms with Gasteiger partial charge in [0.2, 0.25) is 0 Å². The third-order valence-electron chi connectivity index (χ3n) is 4.40. The molecule has 0 atom stereocenters. The van der Waals surface area contributed by atoms with E-state index in [0.717, 1.165) is 28.3 Å². The normalized spacial score (nSPS) is 14.1. The summed E-state index contributed by atoms with van der Waals surface area (Å²) in [6.07, 6.45) is 7.20. The van der Waals surface area contributed by atoms with Gasteiger partial charge in [0.25, 0.3) is 11.1 Å². The van der Waals surface area contributed by atoms with Crippen molar-refractivity contribution in [1.29, 1.82) is 0 Å². The second-order valence-corrected chi connectivity index (χ2v) is 8.88. The molecule has 0 fully saturated rings. The maximum absolute atomic E-state index is 12.6. The van der Waals surface area contributed by atoms with E-state index in [9.17, 15) is 9.59 Å². The lowest BCUT2D eigenvalue weighted by Gasteiger charge is -2.09. The minimum Gasteiger partial charge on any atom is -0.339 e. The second-order valence-electron chi connectivity index (χ2n) is 6.71. The molecule has 6 heteroatoms. The maximum Gasteiger partial charge on any atom is 0.285 e. The van der Waals surface area contributed by atoms with Crippen molar-refractivity contribution in [2.45, 2.75) is 43.4 Å². The Morgan fingerprint density at radius 3 is 2.42 bits per heavy atom. The van der Waals surface area contributed by atoms with Gasteiger partial charge in [-0.1, -0.05) is 12.8 Å². The van der Waals surface area contributed by atoms with Crippen molar-refractivity contribution in [3.63, 3.8) is 0 Å². The van der Waals surface area contributed by atoms with Gasteiger partial charge in [0.1, 0.15) is 0 Å². The molecule has 1 aliphatic rings. The van der Waals surface area contributed by atoms with Crippen LogP contribution in [0.3, 0.4) is 0 Å². The van der Waals surface area contributed by atoms with Crippen LogP contribution in [0, 0.1) is 0 Å². The van der Waals surface area contributed by atoms with E-state index in [1.54, 1.807) is 30.3 Å². The third kappa shape index (κ3) is 4.89. The quantitative estimate of drug-likeness (QED) is 0.713. The highest BCUT2D eigenvalue weighted by molar-refractivity contribution is 8.13. The van der Waals surface area contributed by atoms with Crippen LogP contribution >= 0.6 is 23.1 Å². The highest BCUT2D eigenvalue weighted by Crippen LogP contribution is 2.29. The number of benzene rings is 1. The fourth-order valence-electron chi connectivity index (χ4n) is 2.95. The Kier molecular flexibility index (Phi) is 6.38. The van der Waals surface area contributed by atoms with Gasteiger partial charge in [-0.05, 0) is 73.3 Å². The first-order chi connectivity index (χ1) is 12.5. The first-order valence-corrected chi connectivity index (χ1v) is 10.6. The van der Waals surface area contributed by atoms with Crippen LogP contribution in [0.25, 0.3) is 0 Å². The van der Waals surface area contributed by atoms with Gasteiger partial charge in [-0.15, -0.1) is 11.3 Å². The standard InChI is InChI=1S/C20H24N2O2S2/c1-22(2)20(24)25-16-11-9-15(10-12-16)21-19(23)18-13-14-7-5-3-4-6-8-17(14)26-18/h9-13H,3-8H2,1-2H3,(H,21,23). The molecule has 0 aliphatic heterocycles. The zero-order valence-electron chi connectivity index (χ0n) is 15.2. The monoisotopic (exact) mass is 388 g/mol. The van der Waals surface area contributed by atoms with E-state index in [4.69, 9.17) is 0 Å². The topological polar surface area (TPSA) is 49.4 Å². The number of thioether (sulfide) groups is 1. The third-order valence-corrected chi connectivity index (χ3v) is 6.69. The summed E-state index contributed by atoms with van der Waals surface area (Å²) in [4.78, 5) is 28.9. The molecule has 3 rings (SSSR count). The molecule has 1 heterocycles. The minimum atomic E-state index is -0.0495. The number of carbonyl (C=O) groups is 2. The van der Waals surface area contributed by atoms with Crippen LogP contribution in [0.4, 0.5) is 10.5 Å². The number of aryl methyl sites for hydroxylation is 2. The van der Waals surface area contributed by atoms with Crippen LogP contribution in [0.1, 0.15) is 45.8 Å². The summed E-state index contributed by atoms with van der Waals surface area (Å²) in [5.74, 6) is -0.0495. The molecule has 2 amide bonds. The average Bonchev–Trinajstić information content (AvgIpc) is 2.98. The molecule has 0 unspecified atom stereocenters. The number of hydrogen-bond acceptors (Lipinski definition) is 4. The van der Waals surface area contributed by atoms with Crippen molar-refractivity contribution in [2.75, 3.05) is 19.4 Å². The molecule has 0 saturated carbocycles. The van der Waals surface area contributed by atoms with Gasteiger partial charge in [-0.2, -0.15) is 0 Å². The van der Waals surface area contributed by atoms with Crippen LogP contribution in [0.15, 0.2) is 35.2 Å². The summed E-state index contributed by atoms with van der Waals surface area (Å²) >= 11 is 2.81. The predicted molar refractivity (Wildman–Crippen MR) is 110 cm³/mol. The summed E-state index contributed by atoms with van der Waals surface area (Å²) < 4.78 is 0. The lowest BCUT2D eigenvalue weighted by molar-refractivity contribution is 0.103. The number of amides is 2. The Morgan fingerprint density at radius 2 is 1.73 bits per heavy atom. The lowest BCUT2D eigenvalue weighted by atomic mass is 10.00. The molecule has 1 aromatic carbocycles. The van der Waals surface area contributed by atoms with Crippen LogP contribution in [-0.4, -0.2) is 30.1 Å². The molecule has 138 valence electrons. The zero-order chi connectivity index (χ0) is 18.5. The second kappa shape index (κ2) is 8.73. The summed E-state index contributed by atoms with van der Waals surface area (Å²) in [6, 6.07) is 9.46. The van der Waals surface area contributed by atoms with E-state index in [1.165, 1.54) is 47.9 Å². The molecule has 0 spiro atoms. The van der Waals surface area contributed by atoms with E-state index in [2.05, 4.69) is 11.4 Å². The first-order valence-electron chi connectivity index (χ1n) is 8.95. The number of nitrogens with one attached hydrogen (secondary N) is 1. The zero-order valence-corrected chi connectivity index (χ0v) is 16.8. The number of rotatable bonds is 3. The SMILES string of the molecule is CN(C)C(=O)Sc1ccc(NC(=O)c2cc3c(s2)CCCCCC3)cc1. The van der Waals surface area contributed by atoms with Crippen LogP contribution in [-0.2, 0) is 12.8 Å². The Hall–Kier alpha value is -1.79. The molecule has 0 bridgehead atoms. The minimum absolute atomic E-state index is 0.0159. The van der Waals surface area contributed by atoms with Crippen molar-refractivity contribution >= 4 is 39.9 Å². The molecule has 26 heavy (non-hydrogen) atoms. The van der Waals surface area contributed by atoms with E-state index in [-0.39, 0.29) is 11.1 Å². The average molecular weight is 389 g/mol. The van der Waals surface area contributed by atoms with E-state index >= 15 is 0 Å². The highest BCUT2D eigenvalue weighted by atomic mass is 32.2. The Balaban J connectivity index is 1.64. The molecule has 0 radical (unpaired) electrons. The summed E-state index contributed by atoms with van der Waals surface area (Å²) in [5, 5.41) is 2.95.